The molecular formula is C10H19NO2S. The van der Waals surface area contributed by atoms with Crippen molar-refractivity contribution in [3.8, 4) is 12.3 Å². The fraction of sp³-hybridized carbons (Fsp3) is 0.800. The van der Waals surface area contributed by atoms with Crippen molar-refractivity contribution in [3.05, 3.63) is 0 Å². The fourth-order valence-electron chi connectivity index (χ4n) is 1.06. The van der Waals surface area contributed by atoms with Crippen LogP contribution in [-0.2, 0) is 9.84 Å². The van der Waals surface area contributed by atoms with Crippen molar-refractivity contribution in [2.75, 3.05) is 24.6 Å². The molecule has 1 N–H and O–H groups in total. The molecule has 0 bridgehead atoms. The maximum atomic E-state index is 11.4. The topological polar surface area (TPSA) is 46.2 Å². The van der Waals surface area contributed by atoms with Gasteiger partial charge in [0.2, 0.25) is 0 Å². The number of hydrogen-bond acceptors (Lipinski definition) is 3. The highest BCUT2D eigenvalue weighted by Gasteiger charge is 2.08. The van der Waals surface area contributed by atoms with Crippen LogP contribution in [0.4, 0.5) is 0 Å². The molecule has 0 fully saturated rings. The van der Waals surface area contributed by atoms with E-state index in [0.29, 0.717) is 18.8 Å². The van der Waals surface area contributed by atoms with E-state index in [1.807, 2.05) is 0 Å². The Bertz CT molecular complexity index is 264. The van der Waals surface area contributed by atoms with Gasteiger partial charge in [-0.05, 0) is 6.42 Å². The van der Waals surface area contributed by atoms with Gasteiger partial charge in [0.15, 0.2) is 9.84 Å². The summed E-state index contributed by atoms with van der Waals surface area (Å²) in [5, 5.41) is 2.87. The molecule has 0 amide bonds. The Hall–Kier alpha value is -0.530. The summed E-state index contributed by atoms with van der Waals surface area (Å²) in [5.74, 6) is 2.90. The van der Waals surface area contributed by atoms with Gasteiger partial charge in [0, 0.05) is 6.54 Å². The summed E-state index contributed by atoms with van der Waals surface area (Å²) < 4.78 is 22.8. The van der Waals surface area contributed by atoms with Crippen molar-refractivity contribution in [1.82, 2.24) is 5.32 Å². The predicted molar refractivity (Wildman–Crippen MR) is 59.9 cm³/mol. The highest BCUT2D eigenvalue weighted by atomic mass is 32.2. The van der Waals surface area contributed by atoms with Crippen LogP contribution in [0.3, 0.4) is 0 Å². The second kappa shape index (κ2) is 7.84. The van der Waals surface area contributed by atoms with E-state index in [0.717, 1.165) is 19.3 Å². The molecule has 0 aliphatic heterocycles. The smallest absolute Gasteiger partial charge is 0.151 e. The first kappa shape index (κ1) is 13.5. The minimum atomic E-state index is -2.87. The van der Waals surface area contributed by atoms with Gasteiger partial charge in [-0.2, -0.15) is 0 Å². The van der Waals surface area contributed by atoms with E-state index in [1.165, 1.54) is 0 Å². The summed E-state index contributed by atoms with van der Waals surface area (Å²) in [6.45, 7) is 2.95. The summed E-state index contributed by atoms with van der Waals surface area (Å²) in [4.78, 5) is 0. The molecule has 0 atom stereocenters. The molecule has 0 unspecified atom stereocenters. The standard InChI is InChI=1S/C10H19NO2S/c1-3-5-6-9-14(12,13)10-8-11-7-4-2/h2,11H,3,5-10H2,1H3. The zero-order valence-corrected chi connectivity index (χ0v) is 9.57. The van der Waals surface area contributed by atoms with Crippen LogP contribution >= 0.6 is 0 Å². The van der Waals surface area contributed by atoms with Crippen molar-refractivity contribution in [2.45, 2.75) is 26.2 Å². The molecule has 0 aliphatic carbocycles. The van der Waals surface area contributed by atoms with Crippen LogP contribution in [0.25, 0.3) is 0 Å². The van der Waals surface area contributed by atoms with E-state index in [-0.39, 0.29) is 5.75 Å². The summed E-state index contributed by atoms with van der Waals surface area (Å²) in [5.41, 5.74) is 0. The van der Waals surface area contributed by atoms with Gasteiger partial charge in [0.1, 0.15) is 0 Å². The normalized spacial score (nSPS) is 11.1. The first-order valence-corrected chi connectivity index (χ1v) is 6.79. The largest absolute Gasteiger partial charge is 0.305 e. The molecule has 0 saturated heterocycles. The molecule has 0 heterocycles. The monoisotopic (exact) mass is 217 g/mol. The van der Waals surface area contributed by atoms with Gasteiger partial charge < -0.3 is 5.32 Å². The predicted octanol–water partition coefficient (Wildman–Crippen LogP) is 0.814. The molecule has 82 valence electrons. The van der Waals surface area contributed by atoms with E-state index in [4.69, 9.17) is 6.42 Å². The highest BCUT2D eigenvalue weighted by Crippen LogP contribution is 1.99. The maximum absolute atomic E-state index is 11.4. The Morgan fingerprint density at radius 2 is 2.00 bits per heavy atom. The first-order valence-electron chi connectivity index (χ1n) is 4.97. The van der Waals surface area contributed by atoms with Crippen LogP contribution in [0.15, 0.2) is 0 Å². The highest BCUT2D eigenvalue weighted by molar-refractivity contribution is 7.91. The number of sulfone groups is 1. The third-order valence-corrected chi connectivity index (χ3v) is 3.61. The minimum Gasteiger partial charge on any atom is -0.305 e. The van der Waals surface area contributed by atoms with Crippen LogP contribution in [0.2, 0.25) is 0 Å². The molecule has 14 heavy (non-hydrogen) atoms. The van der Waals surface area contributed by atoms with Crippen molar-refractivity contribution in [3.63, 3.8) is 0 Å². The Morgan fingerprint density at radius 3 is 2.57 bits per heavy atom. The average Bonchev–Trinajstić information content (AvgIpc) is 2.13. The number of unbranched alkanes of at least 4 members (excludes halogenated alkanes) is 2. The van der Waals surface area contributed by atoms with Gasteiger partial charge in [0.05, 0.1) is 18.1 Å². The lowest BCUT2D eigenvalue weighted by molar-refractivity contribution is 0.588. The van der Waals surface area contributed by atoms with E-state index in [9.17, 15) is 8.42 Å². The third kappa shape index (κ3) is 8.09. The molecule has 3 nitrogen and oxygen atoms in total. The average molecular weight is 217 g/mol. The zero-order valence-electron chi connectivity index (χ0n) is 8.75. The number of rotatable bonds is 8. The van der Waals surface area contributed by atoms with E-state index >= 15 is 0 Å². The molecule has 0 aromatic rings. The SMILES string of the molecule is C#CCNCCS(=O)(=O)CCCCC. The maximum Gasteiger partial charge on any atom is 0.151 e. The lowest BCUT2D eigenvalue weighted by Crippen LogP contribution is -2.24. The summed E-state index contributed by atoms with van der Waals surface area (Å²) >= 11 is 0. The van der Waals surface area contributed by atoms with Crippen LogP contribution in [0, 0.1) is 12.3 Å². The molecular weight excluding hydrogens is 198 g/mol. The molecule has 0 aromatic heterocycles. The minimum absolute atomic E-state index is 0.193. The Balaban J connectivity index is 3.58. The second-order valence-electron chi connectivity index (χ2n) is 3.24. The van der Waals surface area contributed by atoms with Gasteiger partial charge in [-0.15, -0.1) is 6.42 Å². The third-order valence-electron chi connectivity index (χ3n) is 1.88. The van der Waals surface area contributed by atoms with Crippen molar-refractivity contribution < 1.29 is 8.42 Å². The molecule has 0 aliphatic rings. The van der Waals surface area contributed by atoms with E-state index in [1.54, 1.807) is 0 Å². The van der Waals surface area contributed by atoms with Gasteiger partial charge in [-0.25, -0.2) is 8.42 Å². The number of terminal acetylenes is 1. The molecule has 0 radical (unpaired) electrons. The quantitative estimate of drug-likeness (QED) is 0.483. The summed E-state index contributed by atoms with van der Waals surface area (Å²) in [7, 11) is -2.87. The molecule has 0 aromatic carbocycles. The summed E-state index contributed by atoms with van der Waals surface area (Å²) in [6, 6.07) is 0. The molecule has 0 spiro atoms. The van der Waals surface area contributed by atoms with Crippen LogP contribution in [-0.4, -0.2) is 33.0 Å². The Morgan fingerprint density at radius 1 is 1.29 bits per heavy atom. The zero-order chi connectivity index (χ0) is 10.9. The lowest BCUT2D eigenvalue weighted by atomic mass is 10.3. The molecule has 4 heteroatoms. The molecule has 0 rings (SSSR count). The van der Waals surface area contributed by atoms with Crippen LogP contribution in [0.1, 0.15) is 26.2 Å². The first-order chi connectivity index (χ1) is 6.62. The van der Waals surface area contributed by atoms with Gasteiger partial charge >= 0.3 is 0 Å². The lowest BCUT2D eigenvalue weighted by Gasteiger charge is -2.03. The van der Waals surface area contributed by atoms with E-state index in [2.05, 4.69) is 18.2 Å². The fourth-order valence-corrected chi connectivity index (χ4v) is 2.37. The van der Waals surface area contributed by atoms with Crippen LogP contribution < -0.4 is 5.32 Å². The van der Waals surface area contributed by atoms with Gasteiger partial charge in [0.25, 0.3) is 0 Å². The van der Waals surface area contributed by atoms with Crippen LogP contribution in [0.5, 0.6) is 0 Å². The second-order valence-corrected chi connectivity index (χ2v) is 5.54. The molecule has 0 saturated carbocycles. The Labute approximate surface area is 87.2 Å². The Kier molecular flexibility index (Phi) is 7.54. The number of nitrogens with one attached hydrogen (secondary N) is 1. The van der Waals surface area contributed by atoms with Gasteiger partial charge in [-0.3, -0.25) is 0 Å². The van der Waals surface area contributed by atoms with Crippen molar-refractivity contribution >= 4 is 9.84 Å². The van der Waals surface area contributed by atoms with Crippen molar-refractivity contribution in [1.29, 1.82) is 0 Å². The number of hydrogen-bond donors (Lipinski definition) is 1. The van der Waals surface area contributed by atoms with E-state index < -0.39 is 9.84 Å². The van der Waals surface area contributed by atoms with Gasteiger partial charge in [-0.1, -0.05) is 25.7 Å². The summed E-state index contributed by atoms with van der Waals surface area (Å²) in [6.07, 6.45) is 7.82. The van der Waals surface area contributed by atoms with Crippen molar-refractivity contribution in [2.24, 2.45) is 0 Å².